The number of carboxylic acids is 1. The SMILES string of the molecule is C=C1CC=C(C(=O)O)C1. The third-order valence-electron chi connectivity index (χ3n) is 1.35. The van der Waals surface area contributed by atoms with Gasteiger partial charge in [-0.05, 0) is 6.42 Å². The standard InChI is InChI=1S/C7H8O2/c1-5-2-3-6(4-5)7(8)9/h3H,1-2,4H2,(H,8,9). The van der Waals surface area contributed by atoms with Gasteiger partial charge in [-0.15, -0.1) is 0 Å². The number of allylic oxidation sites excluding steroid dienone is 2. The number of aliphatic carboxylic acids is 1. The lowest BCUT2D eigenvalue weighted by Gasteiger charge is -1.90. The topological polar surface area (TPSA) is 37.3 Å². The van der Waals surface area contributed by atoms with E-state index in [1.54, 1.807) is 6.08 Å². The highest BCUT2D eigenvalue weighted by molar-refractivity contribution is 5.87. The first-order chi connectivity index (χ1) is 4.20. The highest BCUT2D eigenvalue weighted by atomic mass is 16.4. The van der Waals surface area contributed by atoms with Gasteiger partial charge >= 0.3 is 5.97 Å². The summed E-state index contributed by atoms with van der Waals surface area (Å²) in [6, 6.07) is 0. The van der Waals surface area contributed by atoms with Crippen LogP contribution in [-0.2, 0) is 4.79 Å². The molecule has 0 saturated carbocycles. The van der Waals surface area contributed by atoms with Gasteiger partial charge in [0.25, 0.3) is 0 Å². The van der Waals surface area contributed by atoms with E-state index < -0.39 is 5.97 Å². The van der Waals surface area contributed by atoms with Crippen molar-refractivity contribution in [1.29, 1.82) is 0 Å². The molecule has 9 heavy (non-hydrogen) atoms. The number of hydrogen-bond acceptors (Lipinski definition) is 1. The second kappa shape index (κ2) is 2.05. The number of rotatable bonds is 1. The van der Waals surface area contributed by atoms with E-state index in [2.05, 4.69) is 6.58 Å². The van der Waals surface area contributed by atoms with Crippen LogP contribution in [0.15, 0.2) is 23.8 Å². The van der Waals surface area contributed by atoms with Crippen LogP contribution in [0.25, 0.3) is 0 Å². The molecule has 0 bridgehead atoms. The molecule has 0 saturated heterocycles. The molecule has 0 amide bonds. The summed E-state index contributed by atoms with van der Waals surface area (Å²) in [5.41, 5.74) is 1.48. The van der Waals surface area contributed by atoms with E-state index in [1.807, 2.05) is 0 Å². The summed E-state index contributed by atoms with van der Waals surface area (Å²) in [5, 5.41) is 8.42. The zero-order valence-electron chi connectivity index (χ0n) is 5.05. The second-order valence-electron chi connectivity index (χ2n) is 2.17. The first kappa shape index (κ1) is 6.08. The lowest BCUT2D eigenvalue weighted by Crippen LogP contribution is -1.96. The minimum Gasteiger partial charge on any atom is -0.478 e. The van der Waals surface area contributed by atoms with E-state index in [4.69, 9.17) is 5.11 Å². The Morgan fingerprint density at radius 2 is 2.44 bits per heavy atom. The smallest absolute Gasteiger partial charge is 0.331 e. The molecule has 0 unspecified atom stereocenters. The molecular weight excluding hydrogens is 116 g/mol. The molecule has 1 aliphatic carbocycles. The fourth-order valence-electron chi connectivity index (χ4n) is 0.844. The molecule has 0 atom stereocenters. The summed E-state index contributed by atoms with van der Waals surface area (Å²) in [6.45, 7) is 3.67. The van der Waals surface area contributed by atoms with E-state index in [1.165, 1.54) is 0 Å². The van der Waals surface area contributed by atoms with E-state index >= 15 is 0 Å². The Labute approximate surface area is 53.5 Å². The molecule has 1 N–H and O–H groups in total. The molecule has 0 aromatic heterocycles. The van der Waals surface area contributed by atoms with Gasteiger partial charge in [-0.2, -0.15) is 0 Å². The second-order valence-corrected chi connectivity index (χ2v) is 2.17. The van der Waals surface area contributed by atoms with Crippen molar-refractivity contribution < 1.29 is 9.90 Å². The van der Waals surface area contributed by atoms with Gasteiger partial charge in [0.1, 0.15) is 0 Å². The molecule has 0 aromatic rings. The minimum atomic E-state index is -0.811. The lowest BCUT2D eigenvalue weighted by molar-refractivity contribution is -0.132. The predicted molar refractivity (Wildman–Crippen MR) is 34.1 cm³/mol. The van der Waals surface area contributed by atoms with Gasteiger partial charge in [-0.1, -0.05) is 18.2 Å². The number of carboxylic acid groups (broad SMARTS) is 1. The molecule has 0 fully saturated rings. The maximum absolute atomic E-state index is 10.2. The third kappa shape index (κ3) is 1.19. The highest BCUT2D eigenvalue weighted by Gasteiger charge is 2.13. The van der Waals surface area contributed by atoms with Crippen molar-refractivity contribution in [1.82, 2.24) is 0 Å². The van der Waals surface area contributed by atoms with Crippen LogP contribution < -0.4 is 0 Å². The molecule has 0 spiro atoms. The molecule has 0 heterocycles. The Morgan fingerprint density at radius 1 is 1.78 bits per heavy atom. The fourth-order valence-corrected chi connectivity index (χ4v) is 0.844. The number of carbonyl (C=O) groups is 1. The molecule has 2 heteroatoms. The molecule has 0 aromatic carbocycles. The normalized spacial score (nSPS) is 17.8. The monoisotopic (exact) mass is 124 g/mol. The summed E-state index contributed by atoms with van der Waals surface area (Å²) >= 11 is 0. The quantitative estimate of drug-likeness (QED) is 0.535. The van der Waals surface area contributed by atoms with Crippen molar-refractivity contribution in [2.24, 2.45) is 0 Å². The van der Waals surface area contributed by atoms with Crippen LogP contribution in [0.4, 0.5) is 0 Å². The van der Waals surface area contributed by atoms with Crippen molar-refractivity contribution in [2.75, 3.05) is 0 Å². The van der Waals surface area contributed by atoms with Crippen LogP contribution in [0.5, 0.6) is 0 Å². The maximum atomic E-state index is 10.2. The van der Waals surface area contributed by atoms with Crippen molar-refractivity contribution in [3.8, 4) is 0 Å². The van der Waals surface area contributed by atoms with Crippen LogP contribution in [0.1, 0.15) is 12.8 Å². The Kier molecular flexibility index (Phi) is 1.39. The van der Waals surface area contributed by atoms with E-state index in [-0.39, 0.29) is 0 Å². The summed E-state index contributed by atoms with van der Waals surface area (Å²) in [7, 11) is 0. The van der Waals surface area contributed by atoms with Crippen molar-refractivity contribution in [3.63, 3.8) is 0 Å². The van der Waals surface area contributed by atoms with Crippen molar-refractivity contribution in [2.45, 2.75) is 12.8 Å². The van der Waals surface area contributed by atoms with E-state index in [0.717, 1.165) is 12.0 Å². The zero-order chi connectivity index (χ0) is 6.85. The summed E-state index contributed by atoms with van der Waals surface area (Å²) in [4.78, 5) is 10.2. The van der Waals surface area contributed by atoms with Gasteiger partial charge in [0.05, 0.1) is 0 Å². The van der Waals surface area contributed by atoms with E-state index in [0.29, 0.717) is 12.0 Å². The molecule has 1 rings (SSSR count). The lowest BCUT2D eigenvalue weighted by atomic mass is 10.2. The predicted octanol–water partition coefficient (Wildman–Crippen LogP) is 1.35. The Morgan fingerprint density at radius 3 is 2.67 bits per heavy atom. The average Bonchev–Trinajstić information content (AvgIpc) is 2.14. The minimum absolute atomic E-state index is 0.486. The van der Waals surface area contributed by atoms with Crippen LogP contribution >= 0.6 is 0 Å². The highest BCUT2D eigenvalue weighted by Crippen LogP contribution is 2.21. The van der Waals surface area contributed by atoms with Crippen LogP contribution in [0.3, 0.4) is 0 Å². The van der Waals surface area contributed by atoms with Gasteiger partial charge < -0.3 is 5.11 Å². The van der Waals surface area contributed by atoms with Crippen molar-refractivity contribution >= 4 is 5.97 Å². The summed E-state index contributed by atoms with van der Waals surface area (Å²) < 4.78 is 0. The average molecular weight is 124 g/mol. The zero-order valence-corrected chi connectivity index (χ0v) is 5.05. The van der Waals surface area contributed by atoms with Gasteiger partial charge in [0.2, 0.25) is 0 Å². The van der Waals surface area contributed by atoms with E-state index in [9.17, 15) is 4.79 Å². The Hall–Kier alpha value is -1.05. The molecular formula is C7H8O2. The number of hydrogen-bond donors (Lipinski definition) is 1. The largest absolute Gasteiger partial charge is 0.478 e. The van der Waals surface area contributed by atoms with Crippen LogP contribution in [0.2, 0.25) is 0 Å². The fraction of sp³-hybridized carbons (Fsp3) is 0.286. The van der Waals surface area contributed by atoms with Gasteiger partial charge in [0, 0.05) is 12.0 Å². The Bertz CT molecular complexity index is 189. The van der Waals surface area contributed by atoms with Crippen LogP contribution in [0, 0.1) is 0 Å². The molecule has 1 aliphatic rings. The first-order valence-electron chi connectivity index (χ1n) is 2.79. The first-order valence-corrected chi connectivity index (χ1v) is 2.79. The Balaban J connectivity index is 2.65. The molecule has 0 radical (unpaired) electrons. The maximum Gasteiger partial charge on any atom is 0.331 e. The van der Waals surface area contributed by atoms with Gasteiger partial charge in [-0.3, -0.25) is 0 Å². The molecule has 48 valence electrons. The van der Waals surface area contributed by atoms with Crippen molar-refractivity contribution in [3.05, 3.63) is 23.8 Å². The third-order valence-corrected chi connectivity index (χ3v) is 1.35. The summed E-state index contributed by atoms with van der Waals surface area (Å²) in [5.74, 6) is -0.811. The molecule has 2 nitrogen and oxygen atoms in total. The molecule has 0 aliphatic heterocycles. The van der Waals surface area contributed by atoms with Gasteiger partial charge in [-0.25, -0.2) is 4.79 Å². The summed E-state index contributed by atoms with van der Waals surface area (Å²) in [6.07, 6.45) is 3.00. The van der Waals surface area contributed by atoms with Gasteiger partial charge in [0.15, 0.2) is 0 Å². The van der Waals surface area contributed by atoms with Crippen LogP contribution in [-0.4, -0.2) is 11.1 Å².